The number of esters is 1. The lowest BCUT2D eigenvalue weighted by Gasteiger charge is -2.18. The predicted molar refractivity (Wildman–Crippen MR) is 114 cm³/mol. The summed E-state index contributed by atoms with van der Waals surface area (Å²) in [4.78, 5) is 21.6. The van der Waals surface area contributed by atoms with Gasteiger partial charge in [-0.25, -0.2) is 19.4 Å². The molecular weight excluding hydrogens is 416 g/mol. The molecule has 4 rings (SSSR count). The molecule has 10 heteroatoms. The highest BCUT2D eigenvalue weighted by molar-refractivity contribution is 6.08. The first-order chi connectivity index (χ1) is 15.4. The Morgan fingerprint density at radius 3 is 2.56 bits per heavy atom. The van der Waals surface area contributed by atoms with Crippen molar-refractivity contribution in [2.45, 2.75) is 13.5 Å². The van der Waals surface area contributed by atoms with Crippen LogP contribution in [0.25, 0.3) is 22.0 Å². The van der Waals surface area contributed by atoms with Gasteiger partial charge in [0, 0.05) is 17.0 Å². The lowest BCUT2D eigenvalue weighted by molar-refractivity contribution is 0.0525. The molecule has 0 saturated heterocycles. The summed E-state index contributed by atoms with van der Waals surface area (Å²) in [7, 11) is 1.42. The van der Waals surface area contributed by atoms with Gasteiger partial charge in [0.1, 0.15) is 12.7 Å². The fourth-order valence-electron chi connectivity index (χ4n) is 3.48. The Balaban J connectivity index is 2.10. The van der Waals surface area contributed by atoms with E-state index in [9.17, 15) is 20.1 Å². The van der Waals surface area contributed by atoms with Gasteiger partial charge >= 0.3 is 5.97 Å². The number of rotatable bonds is 6. The van der Waals surface area contributed by atoms with Crippen molar-refractivity contribution in [3.05, 3.63) is 54.2 Å². The summed E-state index contributed by atoms with van der Waals surface area (Å²) >= 11 is 0. The second-order valence-electron chi connectivity index (χ2n) is 6.87. The van der Waals surface area contributed by atoms with Crippen LogP contribution in [0.1, 0.15) is 23.0 Å². The Kier molecular flexibility index (Phi) is 5.50. The number of hydrogen-bond acceptors (Lipinski definition) is 9. The number of pyridine rings is 1. The number of aromatic hydroxyl groups is 3. The number of methoxy groups -OCH3 is 1. The van der Waals surface area contributed by atoms with Crippen LogP contribution in [-0.2, 0) is 11.3 Å². The van der Waals surface area contributed by atoms with Crippen LogP contribution in [-0.4, -0.2) is 54.8 Å². The summed E-state index contributed by atoms with van der Waals surface area (Å²) in [6, 6.07) is 7.17. The van der Waals surface area contributed by atoms with Crippen LogP contribution in [0.5, 0.6) is 23.0 Å². The Bertz CT molecular complexity index is 1300. The average Bonchev–Trinajstić information content (AvgIpc) is 3.28. The van der Waals surface area contributed by atoms with Crippen molar-refractivity contribution in [2.75, 3.05) is 13.7 Å². The third kappa shape index (κ3) is 3.73. The zero-order valence-electron chi connectivity index (χ0n) is 17.3. The van der Waals surface area contributed by atoms with Gasteiger partial charge in [-0.2, -0.15) is 5.10 Å². The molecule has 0 spiro atoms. The zero-order chi connectivity index (χ0) is 22.8. The van der Waals surface area contributed by atoms with E-state index in [-0.39, 0.29) is 41.7 Å². The van der Waals surface area contributed by atoms with Gasteiger partial charge < -0.3 is 24.8 Å². The number of carbonyl (C=O) groups is 1. The molecule has 0 radical (unpaired) electrons. The van der Waals surface area contributed by atoms with Crippen LogP contribution in [0.3, 0.4) is 0 Å². The largest absolute Gasteiger partial charge is 0.504 e. The lowest BCUT2D eigenvalue weighted by Crippen LogP contribution is -2.15. The number of aromatic nitrogens is 4. The monoisotopic (exact) mass is 436 g/mol. The Hall–Kier alpha value is -4.34. The van der Waals surface area contributed by atoms with Gasteiger partial charge in [-0.05, 0) is 30.7 Å². The van der Waals surface area contributed by atoms with Crippen molar-refractivity contribution in [3.63, 3.8) is 0 Å². The minimum Gasteiger partial charge on any atom is -0.504 e. The normalized spacial score (nSPS) is 10.9. The number of benzene rings is 2. The maximum Gasteiger partial charge on any atom is 0.340 e. The molecule has 2 aromatic heterocycles. The Morgan fingerprint density at radius 1 is 1.09 bits per heavy atom. The molecule has 2 aromatic carbocycles. The van der Waals surface area contributed by atoms with E-state index in [0.717, 1.165) is 0 Å². The molecule has 0 aliphatic carbocycles. The van der Waals surface area contributed by atoms with E-state index in [2.05, 4.69) is 15.1 Å². The van der Waals surface area contributed by atoms with E-state index in [4.69, 9.17) is 9.47 Å². The van der Waals surface area contributed by atoms with Gasteiger partial charge in [-0.15, -0.1) is 0 Å². The average molecular weight is 436 g/mol. The minimum absolute atomic E-state index is 0.115. The number of phenols is 3. The Morgan fingerprint density at radius 2 is 1.91 bits per heavy atom. The summed E-state index contributed by atoms with van der Waals surface area (Å²) in [5.41, 5.74) is 1.71. The fraction of sp³-hybridized carbons (Fsp3) is 0.182. The van der Waals surface area contributed by atoms with Gasteiger partial charge in [0.05, 0.1) is 37.0 Å². The first kappa shape index (κ1) is 20.9. The highest BCUT2D eigenvalue weighted by Gasteiger charge is 2.25. The first-order valence-electron chi connectivity index (χ1n) is 9.68. The summed E-state index contributed by atoms with van der Waals surface area (Å²) in [6.45, 7) is 1.93. The van der Waals surface area contributed by atoms with Crippen LogP contribution in [0.4, 0.5) is 0 Å². The molecule has 164 valence electrons. The molecule has 4 aromatic rings. The quantitative estimate of drug-likeness (QED) is 0.307. The van der Waals surface area contributed by atoms with E-state index >= 15 is 0 Å². The van der Waals surface area contributed by atoms with Crippen LogP contribution in [0.2, 0.25) is 0 Å². The third-order valence-corrected chi connectivity index (χ3v) is 4.88. The number of phenolic OH excluding ortho intramolecular Hbond substituents is 3. The van der Waals surface area contributed by atoms with E-state index in [1.807, 2.05) is 0 Å². The lowest BCUT2D eigenvalue weighted by atomic mass is 9.93. The molecule has 0 aliphatic rings. The molecule has 10 nitrogen and oxygen atoms in total. The molecule has 2 heterocycles. The van der Waals surface area contributed by atoms with Gasteiger partial charge in [0.2, 0.25) is 0 Å². The molecule has 0 unspecified atom stereocenters. The molecule has 0 fully saturated rings. The van der Waals surface area contributed by atoms with Crippen LogP contribution >= 0.6 is 0 Å². The first-order valence-corrected chi connectivity index (χ1v) is 9.68. The van der Waals surface area contributed by atoms with Crippen molar-refractivity contribution in [3.8, 4) is 34.1 Å². The highest BCUT2D eigenvalue weighted by Crippen LogP contribution is 2.41. The van der Waals surface area contributed by atoms with Gasteiger partial charge in [0.25, 0.3) is 0 Å². The molecule has 3 N–H and O–H groups in total. The summed E-state index contributed by atoms with van der Waals surface area (Å²) < 4.78 is 12.0. The van der Waals surface area contributed by atoms with E-state index in [1.165, 1.54) is 42.6 Å². The van der Waals surface area contributed by atoms with E-state index < -0.39 is 5.97 Å². The second kappa shape index (κ2) is 8.42. The third-order valence-electron chi connectivity index (χ3n) is 4.88. The smallest absolute Gasteiger partial charge is 0.340 e. The number of fused-ring (bicyclic) bond motifs is 1. The molecule has 0 aliphatic heterocycles. The Labute approximate surface area is 182 Å². The van der Waals surface area contributed by atoms with Gasteiger partial charge in [-0.3, -0.25) is 0 Å². The molecule has 32 heavy (non-hydrogen) atoms. The minimum atomic E-state index is -0.630. The van der Waals surface area contributed by atoms with Crippen molar-refractivity contribution in [1.82, 2.24) is 19.7 Å². The number of hydrogen-bond donors (Lipinski definition) is 3. The van der Waals surface area contributed by atoms with Crippen molar-refractivity contribution in [2.24, 2.45) is 0 Å². The van der Waals surface area contributed by atoms with Gasteiger partial charge in [0.15, 0.2) is 23.0 Å². The molecule has 0 saturated carbocycles. The zero-order valence-corrected chi connectivity index (χ0v) is 17.3. The van der Waals surface area contributed by atoms with Crippen molar-refractivity contribution >= 4 is 16.9 Å². The maximum atomic E-state index is 13.1. The maximum absolute atomic E-state index is 13.1. The van der Waals surface area contributed by atoms with E-state index in [1.54, 1.807) is 19.1 Å². The summed E-state index contributed by atoms with van der Waals surface area (Å²) in [5, 5.41) is 34.8. The van der Waals surface area contributed by atoms with Crippen LogP contribution in [0, 0.1) is 0 Å². The number of carbonyl (C=O) groups excluding carboxylic acids is 1. The summed E-state index contributed by atoms with van der Waals surface area (Å²) in [5.74, 6) is -1.24. The van der Waals surface area contributed by atoms with Crippen molar-refractivity contribution < 1.29 is 29.6 Å². The molecular formula is C22H20N4O6. The summed E-state index contributed by atoms with van der Waals surface area (Å²) in [6.07, 6.45) is 2.86. The van der Waals surface area contributed by atoms with Crippen LogP contribution in [0.15, 0.2) is 43.0 Å². The molecule has 0 atom stereocenters. The predicted octanol–water partition coefficient (Wildman–Crippen LogP) is 2.84. The molecule has 0 bridgehead atoms. The molecule has 0 amide bonds. The fourth-order valence-corrected chi connectivity index (χ4v) is 3.48. The van der Waals surface area contributed by atoms with Gasteiger partial charge in [-0.1, -0.05) is 6.07 Å². The number of ether oxygens (including phenoxy) is 2. The highest BCUT2D eigenvalue weighted by atomic mass is 16.5. The second-order valence-corrected chi connectivity index (χ2v) is 6.87. The standard InChI is InChI=1S/C22H20N4O6/c1-3-32-22(30)21-15(9-26-11-23-10-24-26)25-14-8-19(31-2)18(29)7-13(14)20(21)12-4-5-16(27)17(28)6-12/h4-8,10-11,27-29H,3,9H2,1-2H3. The van der Waals surface area contributed by atoms with Crippen molar-refractivity contribution in [1.29, 1.82) is 0 Å². The topological polar surface area (TPSA) is 140 Å². The van der Waals surface area contributed by atoms with E-state index in [0.29, 0.717) is 27.7 Å². The van der Waals surface area contributed by atoms with Crippen LogP contribution < -0.4 is 4.74 Å². The SMILES string of the molecule is CCOC(=O)c1c(Cn2cncn2)nc2cc(OC)c(O)cc2c1-c1ccc(O)c(O)c1. The number of nitrogens with zero attached hydrogens (tertiary/aromatic N) is 4.